The summed E-state index contributed by atoms with van der Waals surface area (Å²) in [5.74, 6) is 1.36. The SMILES string of the molecule is C[C@H](CC(=O)Nc1ccc(Sc2nncn2C)cc1)C1CC1. The van der Waals surface area contributed by atoms with E-state index >= 15 is 0 Å². The average Bonchev–Trinajstić information content (AvgIpc) is 3.26. The minimum absolute atomic E-state index is 0.105. The average molecular weight is 316 g/mol. The maximum atomic E-state index is 12.0. The van der Waals surface area contributed by atoms with Crippen LogP contribution in [-0.4, -0.2) is 20.7 Å². The third kappa shape index (κ3) is 3.88. The van der Waals surface area contributed by atoms with Crippen molar-refractivity contribution < 1.29 is 4.79 Å². The molecule has 1 saturated carbocycles. The zero-order valence-electron chi connectivity index (χ0n) is 12.8. The van der Waals surface area contributed by atoms with E-state index in [0.29, 0.717) is 12.3 Å². The number of amides is 1. The van der Waals surface area contributed by atoms with Crippen LogP contribution >= 0.6 is 11.8 Å². The van der Waals surface area contributed by atoms with Crippen LogP contribution in [0.3, 0.4) is 0 Å². The normalized spacial score (nSPS) is 15.5. The first-order valence-corrected chi connectivity index (χ1v) is 8.35. The summed E-state index contributed by atoms with van der Waals surface area (Å²) in [7, 11) is 1.91. The van der Waals surface area contributed by atoms with Crippen molar-refractivity contribution in [1.29, 1.82) is 0 Å². The van der Waals surface area contributed by atoms with Crippen LogP contribution in [0.4, 0.5) is 5.69 Å². The first-order valence-electron chi connectivity index (χ1n) is 7.53. The van der Waals surface area contributed by atoms with E-state index in [1.54, 1.807) is 18.1 Å². The van der Waals surface area contributed by atoms with Gasteiger partial charge < -0.3 is 9.88 Å². The molecule has 6 heteroatoms. The molecule has 1 fully saturated rings. The van der Waals surface area contributed by atoms with Gasteiger partial charge in [0.1, 0.15) is 6.33 Å². The number of carbonyl (C=O) groups is 1. The molecule has 5 nitrogen and oxygen atoms in total. The smallest absolute Gasteiger partial charge is 0.224 e. The highest BCUT2D eigenvalue weighted by molar-refractivity contribution is 7.99. The standard InChI is InChI=1S/C16H20N4OS/c1-11(12-3-4-12)9-15(21)18-13-5-7-14(8-6-13)22-16-19-17-10-20(16)2/h5-8,10-12H,3-4,9H2,1-2H3,(H,18,21)/t11-/m1/s1. The Morgan fingerprint density at radius 3 is 2.73 bits per heavy atom. The number of aromatic nitrogens is 3. The molecule has 1 aliphatic carbocycles. The second-order valence-corrected chi connectivity index (χ2v) is 6.96. The fraction of sp³-hybridized carbons (Fsp3) is 0.438. The fourth-order valence-corrected chi connectivity index (χ4v) is 3.18. The van der Waals surface area contributed by atoms with Gasteiger partial charge in [-0.15, -0.1) is 10.2 Å². The van der Waals surface area contributed by atoms with Crippen LogP contribution in [0.5, 0.6) is 0 Å². The van der Waals surface area contributed by atoms with Crippen molar-refractivity contribution >= 4 is 23.4 Å². The van der Waals surface area contributed by atoms with Crippen molar-refractivity contribution in [1.82, 2.24) is 14.8 Å². The lowest BCUT2D eigenvalue weighted by Crippen LogP contribution is -2.15. The van der Waals surface area contributed by atoms with Crippen molar-refractivity contribution in [3.8, 4) is 0 Å². The summed E-state index contributed by atoms with van der Waals surface area (Å²) in [4.78, 5) is 13.1. The molecule has 1 amide bonds. The van der Waals surface area contributed by atoms with Crippen molar-refractivity contribution in [2.45, 2.75) is 36.2 Å². The Balaban J connectivity index is 1.54. The molecule has 1 N–H and O–H groups in total. The van der Waals surface area contributed by atoms with Crippen molar-refractivity contribution in [2.75, 3.05) is 5.32 Å². The van der Waals surface area contributed by atoms with Gasteiger partial charge in [-0.25, -0.2) is 0 Å². The van der Waals surface area contributed by atoms with Gasteiger partial charge in [-0.2, -0.15) is 0 Å². The molecule has 116 valence electrons. The van der Waals surface area contributed by atoms with Crippen molar-refractivity contribution in [3.63, 3.8) is 0 Å². The molecule has 0 bridgehead atoms. The van der Waals surface area contributed by atoms with E-state index in [1.807, 2.05) is 35.9 Å². The van der Waals surface area contributed by atoms with E-state index < -0.39 is 0 Å². The van der Waals surface area contributed by atoms with Crippen LogP contribution in [0.1, 0.15) is 26.2 Å². The minimum Gasteiger partial charge on any atom is -0.326 e. The van der Waals surface area contributed by atoms with E-state index in [-0.39, 0.29) is 5.91 Å². The van der Waals surface area contributed by atoms with Crippen LogP contribution in [0.15, 0.2) is 40.6 Å². The molecule has 1 aromatic carbocycles. The van der Waals surface area contributed by atoms with Gasteiger partial charge in [-0.1, -0.05) is 6.92 Å². The third-order valence-electron chi connectivity index (χ3n) is 3.95. The predicted molar refractivity (Wildman–Crippen MR) is 86.7 cm³/mol. The number of anilines is 1. The van der Waals surface area contributed by atoms with E-state index in [4.69, 9.17) is 0 Å². The van der Waals surface area contributed by atoms with Gasteiger partial charge in [0, 0.05) is 24.1 Å². The second-order valence-electron chi connectivity index (χ2n) is 5.92. The van der Waals surface area contributed by atoms with Crippen LogP contribution < -0.4 is 5.32 Å². The Labute approximate surface area is 134 Å². The molecule has 3 rings (SSSR count). The topological polar surface area (TPSA) is 59.8 Å². The summed E-state index contributed by atoms with van der Waals surface area (Å²) >= 11 is 1.55. The van der Waals surface area contributed by atoms with Crippen LogP contribution in [0.25, 0.3) is 0 Å². The highest BCUT2D eigenvalue weighted by Gasteiger charge is 2.29. The van der Waals surface area contributed by atoms with Crippen LogP contribution in [0.2, 0.25) is 0 Å². The number of aryl methyl sites for hydroxylation is 1. The van der Waals surface area contributed by atoms with Gasteiger partial charge >= 0.3 is 0 Å². The van der Waals surface area contributed by atoms with E-state index in [9.17, 15) is 4.79 Å². The molecule has 1 aliphatic rings. The first-order chi connectivity index (χ1) is 10.6. The van der Waals surface area contributed by atoms with Gasteiger partial charge in [0.25, 0.3) is 0 Å². The summed E-state index contributed by atoms with van der Waals surface area (Å²) in [6.07, 6.45) is 4.85. The number of carbonyl (C=O) groups excluding carboxylic acids is 1. The maximum Gasteiger partial charge on any atom is 0.224 e. The van der Waals surface area contributed by atoms with Gasteiger partial charge in [-0.3, -0.25) is 4.79 Å². The number of nitrogens with zero attached hydrogens (tertiary/aromatic N) is 3. The molecule has 0 saturated heterocycles. The number of nitrogens with one attached hydrogen (secondary N) is 1. The zero-order chi connectivity index (χ0) is 15.5. The Morgan fingerprint density at radius 1 is 1.41 bits per heavy atom. The number of rotatable bonds is 6. The molecule has 0 radical (unpaired) electrons. The summed E-state index contributed by atoms with van der Waals surface area (Å²) in [6, 6.07) is 7.83. The largest absolute Gasteiger partial charge is 0.326 e. The lowest BCUT2D eigenvalue weighted by atomic mass is 10.0. The summed E-state index contributed by atoms with van der Waals surface area (Å²) in [6.45, 7) is 2.16. The van der Waals surface area contributed by atoms with E-state index in [0.717, 1.165) is 21.7 Å². The summed E-state index contributed by atoms with van der Waals surface area (Å²) in [5, 5.41) is 11.7. The fourth-order valence-electron chi connectivity index (χ4n) is 2.41. The lowest BCUT2D eigenvalue weighted by molar-refractivity contribution is -0.117. The Hall–Kier alpha value is -1.82. The quantitative estimate of drug-likeness (QED) is 0.888. The van der Waals surface area contributed by atoms with Gasteiger partial charge in [-0.05, 0) is 60.7 Å². The molecule has 1 aromatic heterocycles. The van der Waals surface area contributed by atoms with Gasteiger partial charge in [0.2, 0.25) is 5.91 Å². The molecular formula is C16H20N4OS. The summed E-state index contributed by atoms with van der Waals surface area (Å²) < 4.78 is 1.87. The Bertz CT molecular complexity index is 648. The number of hydrogen-bond donors (Lipinski definition) is 1. The monoisotopic (exact) mass is 316 g/mol. The highest BCUT2D eigenvalue weighted by Crippen LogP contribution is 2.38. The van der Waals surface area contributed by atoms with Gasteiger partial charge in [0.15, 0.2) is 5.16 Å². The lowest BCUT2D eigenvalue weighted by Gasteiger charge is -2.10. The molecule has 22 heavy (non-hydrogen) atoms. The summed E-state index contributed by atoms with van der Waals surface area (Å²) in [5.41, 5.74) is 0.843. The van der Waals surface area contributed by atoms with Crippen LogP contribution in [0, 0.1) is 11.8 Å². The van der Waals surface area contributed by atoms with Crippen molar-refractivity contribution in [2.24, 2.45) is 18.9 Å². The molecule has 1 atom stereocenters. The third-order valence-corrected chi connectivity index (χ3v) is 5.01. The highest BCUT2D eigenvalue weighted by atomic mass is 32.2. The van der Waals surface area contributed by atoms with Crippen LogP contribution in [-0.2, 0) is 11.8 Å². The Morgan fingerprint density at radius 2 is 2.14 bits per heavy atom. The second kappa shape index (κ2) is 6.52. The minimum atomic E-state index is 0.105. The van der Waals surface area contributed by atoms with E-state index in [2.05, 4.69) is 22.4 Å². The van der Waals surface area contributed by atoms with Crippen molar-refractivity contribution in [3.05, 3.63) is 30.6 Å². The molecular weight excluding hydrogens is 296 g/mol. The zero-order valence-corrected chi connectivity index (χ0v) is 13.6. The molecule has 0 aliphatic heterocycles. The van der Waals surface area contributed by atoms with Gasteiger partial charge in [0.05, 0.1) is 0 Å². The Kier molecular flexibility index (Phi) is 4.47. The first kappa shape index (κ1) is 15.1. The van der Waals surface area contributed by atoms with E-state index in [1.165, 1.54) is 12.8 Å². The molecule has 0 spiro atoms. The molecule has 1 heterocycles. The molecule has 0 unspecified atom stereocenters. The predicted octanol–water partition coefficient (Wildman–Crippen LogP) is 3.34. The number of hydrogen-bond acceptors (Lipinski definition) is 4. The maximum absolute atomic E-state index is 12.0. The molecule has 2 aromatic rings. The number of benzene rings is 1.